The van der Waals surface area contributed by atoms with Gasteiger partial charge in [0.15, 0.2) is 11.3 Å². The summed E-state index contributed by atoms with van der Waals surface area (Å²) in [6, 6.07) is 49.6. The average molecular weight is 1220 g/mol. The maximum Gasteiger partial charge on any atom is 0.211 e. The molecule has 9 aromatic rings. The Hall–Kier alpha value is -9.17. The Bertz CT molecular complexity index is 4390. The number of ether oxygens (including phenoxy) is 1. The van der Waals surface area contributed by atoms with Gasteiger partial charge in [0.1, 0.15) is 64.3 Å². The molecule has 3 heterocycles. The Balaban J connectivity index is 0.000000164. The summed E-state index contributed by atoms with van der Waals surface area (Å²) in [4.78, 5) is 15.2. The maximum atomic E-state index is 12.9. The number of hydrogen-bond acceptors (Lipinski definition) is 11. The second-order valence-corrected chi connectivity index (χ2v) is 26.0. The smallest absolute Gasteiger partial charge is 0.211 e. The number of phenols is 4. The van der Waals surface area contributed by atoms with Crippen molar-refractivity contribution < 1.29 is 46.7 Å². The van der Waals surface area contributed by atoms with E-state index in [1.165, 1.54) is 22.3 Å². The van der Waals surface area contributed by atoms with Crippen LogP contribution in [0.5, 0.6) is 34.5 Å². The fraction of sp³-hybridized carbons (Fsp3) is 0.253. The van der Waals surface area contributed by atoms with Crippen LogP contribution in [0.2, 0.25) is 0 Å². The number of ketones is 1. The van der Waals surface area contributed by atoms with Crippen LogP contribution in [0.4, 0.5) is 28.4 Å². The number of azo groups is 2. The third kappa shape index (κ3) is 12.5. The van der Waals surface area contributed by atoms with E-state index in [4.69, 9.17) is 4.74 Å². The number of fused-ring (bicyclic) bond motifs is 6. The van der Waals surface area contributed by atoms with E-state index in [-0.39, 0.29) is 67.5 Å². The summed E-state index contributed by atoms with van der Waals surface area (Å²) >= 11 is 0. The van der Waals surface area contributed by atoms with Gasteiger partial charge in [0, 0.05) is 93.2 Å². The SMILES string of the molecule is CC(=O)c1ccccc1C1=c2cc3c(cc2Oc2cc4c(cc21)C(C)=CC(C)(C)N4C)=[N+](C)C(C)(C)C=C3C.CC(C)(C)c1ccc(O)c(N=Nc2c(O)ccc3ccccc23)c1.CC(C)(C)c1ccc(O)c(N=Nc2c(O)ccc3ccccc23)c1.[Co]. The van der Waals surface area contributed by atoms with Gasteiger partial charge in [-0.05, 0) is 139 Å². The van der Waals surface area contributed by atoms with Crippen molar-refractivity contribution >= 4 is 72.5 Å². The number of carbonyl (C=O) groups is 1. The van der Waals surface area contributed by atoms with Crippen molar-refractivity contribution in [1.29, 1.82) is 0 Å². The number of aromatic hydroxyl groups is 4. The maximum absolute atomic E-state index is 12.9. The summed E-state index contributed by atoms with van der Waals surface area (Å²) in [5, 5.41) is 62.8. The Labute approximate surface area is 526 Å². The van der Waals surface area contributed by atoms with E-state index in [2.05, 4.69) is 170 Å². The monoisotopic (exact) mass is 1220 g/mol. The number of phenolic OH excluding ortho intramolecular Hbond substituents is 4. The molecular formula is C75H77CoN6O6+. The van der Waals surface area contributed by atoms with Crippen molar-refractivity contribution in [3.63, 3.8) is 0 Å². The van der Waals surface area contributed by atoms with Crippen molar-refractivity contribution in [2.45, 2.75) is 112 Å². The van der Waals surface area contributed by atoms with E-state index in [9.17, 15) is 25.2 Å². The summed E-state index contributed by atoms with van der Waals surface area (Å²) in [5.74, 6) is 1.93. The largest absolute Gasteiger partial charge is 0.506 e. The topological polar surface area (TPSA) is 163 Å². The van der Waals surface area contributed by atoms with Gasteiger partial charge in [0.05, 0.1) is 11.6 Å². The van der Waals surface area contributed by atoms with E-state index < -0.39 is 0 Å². The molecule has 88 heavy (non-hydrogen) atoms. The first-order valence-electron chi connectivity index (χ1n) is 29.3. The van der Waals surface area contributed by atoms with Crippen molar-refractivity contribution in [2.24, 2.45) is 20.5 Å². The van der Waals surface area contributed by atoms with Crippen LogP contribution in [0, 0.1) is 0 Å². The second kappa shape index (κ2) is 24.2. The zero-order valence-electron chi connectivity index (χ0n) is 52.8. The summed E-state index contributed by atoms with van der Waals surface area (Å²) in [5.41, 5.74) is 13.1. The number of Topliss-reactive ketones (excluding diaryl/α,β-unsaturated/α-hetero) is 1. The molecule has 0 atom stereocenters. The van der Waals surface area contributed by atoms with Gasteiger partial charge in [-0.15, -0.1) is 20.5 Å². The Morgan fingerprint density at radius 2 is 1.02 bits per heavy atom. The molecule has 0 spiro atoms. The molecule has 0 amide bonds. The van der Waals surface area contributed by atoms with Crippen LogP contribution in [-0.2, 0) is 27.6 Å². The van der Waals surface area contributed by atoms with Gasteiger partial charge in [0.25, 0.3) is 0 Å². The van der Waals surface area contributed by atoms with Gasteiger partial charge in [-0.3, -0.25) is 4.79 Å². The number of rotatable bonds is 6. The molecule has 13 heteroatoms. The first-order valence-corrected chi connectivity index (χ1v) is 29.3. The molecule has 3 aliphatic rings. The summed E-state index contributed by atoms with van der Waals surface area (Å²) in [6.07, 6.45) is 4.65. The van der Waals surface area contributed by atoms with Crippen molar-refractivity contribution in [3.05, 3.63) is 219 Å². The molecule has 0 bridgehead atoms. The molecule has 0 saturated carbocycles. The third-order valence-corrected chi connectivity index (χ3v) is 16.9. The number of carbonyl (C=O) groups excluding carboxylic acids is 1. The van der Waals surface area contributed by atoms with E-state index in [1.54, 1.807) is 31.2 Å². The van der Waals surface area contributed by atoms with Crippen LogP contribution < -0.4 is 24.8 Å². The van der Waals surface area contributed by atoms with Crippen LogP contribution in [0.25, 0.3) is 38.3 Å². The van der Waals surface area contributed by atoms with Crippen LogP contribution in [0.1, 0.15) is 134 Å². The molecule has 3 aliphatic heterocycles. The molecule has 0 fully saturated rings. The van der Waals surface area contributed by atoms with E-state index in [1.807, 2.05) is 103 Å². The van der Waals surface area contributed by atoms with E-state index in [0.29, 0.717) is 22.7 Å². The summed E-state index contributed by atoms with van der Waals surface area (Å²) < 4.78 is 9.08. The molecule has 0 aromatic heterocycles. The number of likely N-dealkylation sites (N-methyl/N-ethyl adjacent to an activating group) is 2. The van der Waals surface area contributed by atoms with Gasteiger partial charge >= 0.3 is 0 Å². The van der Waals surface area contributed by atoms with Gasteiger partial charge in [-0.2, -0.15) is 0 Å². The molecule has 0 saturated heterocycles. The Morgan fingerprint density at radius 3 is 1.55 bits per heavy atom. The van der Waals surface area contributed by atoms with Crippen molar-refractivity contribution in [1.82, 2.24) is 4.58 Å². The van der Waals surface area contributed by atoms with Crippen molar-refractivity contribution in [2.75, 3.05) is 19.0 Å². The standard InChI is InChI=1S/C35H37N2O2.2C20H20N2O2.Co/c1-20-18-34(4,5)36(8)29-16-31-27(14-25(20)29)33(24-13-11-10-12-23(24)22(3)38)28-15-26-21(2)19-35(6,7)37(9)30(26)17-32(28)39-31;2*1-20(2,3)14-9-11-17(23)16(12-14)21-22-19-15-7-5-4-6-13(15)8-10-18(19)24;/h10-19H,1-9H3;2*4-12,23-24H,1-3H3;/q+1;;;. The number of nitrogens with zero attached hydrogens (tertiary/aromatic N) is 6. The Kier molecular flexibility index (Phi) is 17.4. The van der Waals surface area contributed by atoms with Crippen molar-refractivity contribution in [3.8, 4) is 34.5 Å². The minimum absolute atomic E-state index is 0. The summed E-state index contributed by atoms with van der Waals surface area (Å²) in [6.45, 7) is 27.5. The molecule has 4 N–H and O–H groups in total. The number of benzene rings is 9. The molecular weight excluding hydrogens is 1140 g/mol. The Morgan fingerprint density at radius 1 is 0.534 bits per heavy atom. The molecule has 0 unspecified atom stereocenters. The number of hydrogen-bond donors (Lipinski definition) is 4. The number of allylic oxidation sites excluding steroid dienone is 2. The molecule has 1 radical (unpaired) electrons. The fourth-order valence-electron chi connectivity index (χ4n) is 11.5. The molecule has 12 nitrogen and oxygen atoms in total. The molecule has 0 aliphatic carbocycles. The third-order valence-electron chi connectivity index (χ3n) is 16.9. The average Bonchev–Trinajstić information content (AvgIpc) is 0.739. The zero-order chi connectivity index (χ0) is 62.7. The van der Waals surface area contributed by atoms with Gasteiger partial charge < -0.3 is 30.1 Å². The second-order valence-electron chi connectivity index (χ2n) is 26.0. The quantitative estimate of drug-likeness (QED) is 0.0731. The predicted molar refractivity (Wildman–Crippen MR) is 354 cm³/mol. The fourth-order valence-corrected chi connectivity index (χ4v) is 11.5. The predicted octanol–water partition coefficient (Wildman–Crippen LogP) is 18.1. The molecule has 451 valence electrons. The van der Waals surface area contributed by atoms with Gasteiger partial charge in [0.2, 0.25) is 5.36 Å². The molecule has 12 rings (SSSR count). The van der Waals surface area contributed by atoms with Crippen LogP contribution in [0.3, 0.4) is 0 Å². The summed E-state index contributed by atoms with van der Waals surface area (Å²) in [7, 11) is 4.28. The van der Waals surface area contributed by atoms with Crippen LogP contribution in [-0.4, -0.2) is 51.4 Å². The normalized spacial score (nSPS) is 14.7. The minimum atomic E-state index is -0.108. The first-order chi connectivity index (χ1) is 41.0. The number of anilines is 1. The van der Waals surface area contributed by atoms with E-state index in [0.717, 1.165) is 82.7 Å². The van der Waals surface area contributed by atoms with Crippen LogP contribution >= 0.6 is 0 Å². The van der Waals surface area contributed by atoms with E-state index >= 15 is 0 Å². The van der Waals surface area contributed by atoms with Gasteiger partial charge in [-0.1, -0.05) is 145 Å². The zero-order valence-corrected chi connectivity index (χ0v) is 53.8. The van der Waals surface area contributed by atoms with Gasteiger partial charge in [-0.25, -0.2) is 4.58 Å². The molecule has 9 aromatic carbocycles. The van der Waals surface area contributed by atoms with Crippen LogP contribution in [0.15, 0.2) is 190 Å². The first kappa shape index (κ1) is 63.3. The minimum Gasteiger partial charge on any atom is -0.506 e.